The zero-order chi connectivity index (χ0) is 43.5. The summed E-state index contributed by atoms with van der Waals surface area (Å²) in [6.07, 6.45) is 18.8. The quantitative estimate of drug-likeness (QED) is 0.128. The van der Waals surface area contributed by atoms with Crippen molar-refractivity contribution in [2.45, 2.75) is 0 Å². The van der Waals surface area contributed by atoms with Gasteiger partial charge in [-0.25, -0.2) is 0 Å². The molecule has 0 radical (unpaired) electrons. The van der Waals surface area contributed by atoms with Crippen LogP contribution in [0.5, 0.6) is 5.75 Å². The van der Waals surface area contributed by atoms with Crippen molar-refractivity contribution in [3.05, 3.63) is 220 Å². The molecule has 11 rings (SSSR count). The average molecular weight is 836 g/mol. The number of rotatable bonds is 11. The lowest BCUT2D eigenvalue weighted by Crippen LogP contribution is -2.52. The number of methoxy groups -OCH3 is 1. The third-order valence-electron chi connectivity index (χ3n) is 12.2. The summed E-state index contributed by atoms with van der Waals surface area (Å²) < 4.78 is 8.09. The van der Waals surface area contributed by atoms with Gasteiger partial charge in [-0.3, -0.25) is 29.9 Å². The van der Waals surface area contributed by atoms with Gasteiger partial charge in [-0.2, -0.15) is 0 Å². The van der Waals surface area contributed by atoms with Crippen LogP contribution in [0.4, 0.5) is 0 Å². The number of aromatic nitrogens is 7. The first-order valence-corrected chi connectivity index (χ1v) is 21.5. The van der Waals surface area contributed by atoms with Gasteiger partial charge in [0, 0.05) is 89.6 Å². The molecule has 0 unspecified atom stereocenters. The smallest absolute Gasteiger partial charge is 0.247 e. The van der Waals surface area contributed by atoms with E-state index in [0.717, 1.165) is 99.7 Å². The van der Waals surface area contributed by atoms with Crippen molar-refractivity contribution in [1.82, 2.24) is 34.5 Å². The molecule has 306 valence electrons. The molecule has 0 fully saturated rings. The first kappa shape index (κ1) is 39.4. The van der Waals surface area contributed by atoms with E-state index in [1.165, 1.54) is 0 Å². The zero-order valence-electron chi connectivity index (χ0n) is 35.5. The van der Waals surface area contributed by atoms with Crippen molar-refractivity contribution < 1.29 is 4.74 Å². The fraction of sp³-hybridized carbons (Fsp3) is 0.0182. The number of nitrogens with zero attached hydrogens (tertiary/aromatic N) is 7. The molecule has 0 saturated carbocycles. The van der Waals surface area contributed by atoms with Crippen LogP contribution >= 0.6 is 0 Å². The van der Waals surface area contributed by atoms with E-state index >= 15 is 0 Å². The summed E-state index contributed by atoms with van der Waals surface area (Å²) in [5.41, 5.74) is 15.8. The number of ether oxygens (including phenoxy) is 1. The SMILES string of the molecule is COc1ccc2c(c1)c1cc(-c3cccc(-c4ccc(B(c5cccnc5)c5cccnc5)cn4)c3)ccc1n2-c1cccc(-c2ccc(B(c3cccnc3)c3cccnc3)cn2)c1. The molecule has 8 nitrogen and oxygen atoms in total. The standard InChI is InChI=1S/C55H39B2N7O/c1-65-49-19-23-55-51(31-49)50-30-39(38-8-2-9-40(28-38)52-20-17-46(36-62-52)56(42-11-4-24-58-32-42)43-12-5-25-59-33-43)16-22-54(50)64(55)48-15-3-10-41(29-48)53-21-18-47(37-63-53)57(44-13-6-26-60-34-44)45-14-7-27-61-35-45/h2-37H,1H3. The van der Waals surface area contributed by atoms with Crippen LogP contribution in [0.15, 0.2) is 220 Å². The van der Waals surface area contributed by atoms with Crippen molar-refractivity contribution in [2.24, 2.45) is 0 Å². The van der Waals surface area contributed by atoms with Gasteiger partial charge in [0.15, 0.2) is 0 Å². The van der Waals surface area contributed by atoms with Gasteiger partial charge in [-0.15, -0.1) is 0 Å². The van der Waals surface area contributed by atoms with E-state index in [4.69, 9.17) is 14.7 Å². The lowest BCUT2D eigenvalue weighted by Gasteiger charge is -2.15. The normalized spacial score (nSPS) is 11.2. The topological polar surface area (TPSA) is 91.5 Å². The minimum Gasteiger partial charge on any atom is -0.497 e. The highest BCUT2D eigenvalue weighted by atomic mass is 16.5. The van der Waals surface area contributed by atoms with Crippen LogP contribution in [0.25, 0.3) is 61.1 Å². The molecule has 4 aromatic carbocycles. The molecule has 0 atom stereocenters. The highest BCUT2D eigenvalue weighted by molar-refractivity contribution is 6.96. The van der Waals surface area contributed by atoms with E-state index in [1.807, 2.05) is 67.5 Å². The Bertz CT molecular complexity index is 3330. The second-order valence-corrected chi connectivity index (χ2v) is 16.0. The Morgan fingerprint density at radius 3 is 1.34 bits per heavy atom. The van der Waals surface area contributed by atoms with Crippen molar-refractivity contribution >= 4 is 68.0 Å². The summed E-state index contributed by atoms with van der Waals surface area (Å²) >= 11 is 0. The number of hydrogen-bond acceptors (Lipinski definition) is 7. The van der Waals surface area contributed by atoms with E-state index in [2.05, 4.69) is 152 Å². The summed E-state index contributed by atoms with van der Waals surface area (Å²) in [7, 11) is 1.72. The highest BCUT2D eigenvalue weighted by Gasteiger charge is 2.24. The third kappa shape index (κ3) is 7.72. The molecule has 0 aliphatic heterocycles. The predicted molar refractivity (Wildman–Crippen MR) is 265 cm³/mol. The van der Waals surface area contributed by atoms with Gasteiger partial charge < -0.3 is 9.30 Å². The minimum absolute atomic E-state index is 0.0295. The molecule has 0 saturated heterocycles. The van der Waals surface area contributed by atoms with Gasteiger partial charge in [0.1, 0.15) is 5.75 Å². The van der Waals surface area contributed by atoms with Crippen LogP contribution in [-0.2, 0) is 0 Å². The Hall–Kier alpha value is -8.49. The van der Waals surface area contributed by atoms with Gasteiger partial charge in [0.2, 0.25) is 13.4 Å². The summed E-state index contributed by atoms with van der Waals surface area (Å²) in [4.78, 5) is 27.7. The summed E-state index contributed by atoms with van der Waals surface area (Å²) in [5, 5.41) is 2.24. The molecule has 0 N–H and O–H groups in total. The molecule has 0 aliphatic rings. The molecular formula is C55H39B2N7O. The average Bonchev–Trinajstić information content (AvgIpc) is 3.71. The van der Waals surface area contributed by atoms with Gasteiger partial charge in [0.05, 0.1) is 29.5 Å². The van der Waals surface area contributed by atoms with E-state index in [1.54, 1.807) is 31.9 Å². The molecule has 7 heterocycles. The van der Waals surface area contributed by atoms with Crippen LogP contribution in [0, 0.1) is 0 Å². The highest BCUT2D eigenvalue weighted by Crippen LogP contribution is 2.38. The monoisotopic (exact) mass is 835 g/mol. The minimum atomic E-state index is -0.0369. The van der Waals surface area contributed by atoms with Crippen molar-refractivity contribution in [3.8, 4) is 45.1 Å². The van der Waals surface area contributed by atoms with Gasteiger partial charge >= 0.3 is 0 Å². The van der Waals surface area contributed by atoms with Crippen molar-refractivity contribution in [1.29, 1.82) is 0 Å². The van der Waals surface area contributed by atoms with Crippen molar-refractivity contribution in [2.75, 3.05) is 7.11 Å². The molecule has 0 aliphatic carbocycles. The molecule has 11 aromatic rings. The van der Waals surface area contributed by atoms with E-state index in [0.29, 0.717) is 0 Å². The Kier molecular flexibility index (Phi) is 10.5. The van der Waals surface area contributed by atoms with E-state index in [-0.39, 0.29) is 13.4 Å². The van der Waals surface area contributed by atoms with Crippen LogP contribution in [0.2, 0.25) is 0 Å². The second kappa shape index (κ2) is 17.3. The van der Waals surface area contributed by atoms with Gasteiger partial charge in [-0.1, -0.05) is 106 Å². The maximum absolute atomic E-state index is 5.76. The number of fused-ring (bicyclic) bond motifs is 3. The number of hydrogen-bond donors (Lipinski definition) is 0. The first-order valence-electron chi connectivity index (χ1n) is 21.5. The maximum atomic E-state index is 5.76. The maximum Gasteiger partial charge on any atom is 0.247 e. The number of pyridine rings is 6. The summed E-state index contributed by atoms with van der Waals surface area (Å²) in [6, 6.07) is 55.1. The fourth-order valence-electron chi connectivity index (χ4n) is 9.08. The Labute approximate surface area is 377 Å². The predicted octanol–water partition coefficient (Wildman–Crippen LogP) is 7.20. The largest absolute Gasteiger partial charge is 0.497 e. The fourth-order valence-corrected chi connectivity index (χ4v) is 9.08. The Morgan fingerprint density at radius 1 is 0.385 bits per heavy atom. The van der Waals surface area contributed by atoms with Crippen LogP contribution in [-0.4, -0.2) is 55.0 Å². The van der Waals surface area contributed by atoms with E-state index in [9.17, 15) is 0 Å². The van der Waals surface area contributed by atoms with Crippen LogP contribution < -0.4 is 37.5 Å². The lowest BCUT2D eigenvalue weighted by molar-refractivity contribution is 0.415. The molecule has 0 bridgehead atoms. The Morgan fingerprint density at radius 2 is 0.846 bits per heavy atom. The molecule has 0 amide bonds. The molecule has 10 heteroatoms. The second-order valence-electron chi connectivity index (χ2n) is 16.0. The lowest BCUT2D eigenvalue weighted by atomic mass is 9.37. The molecule has 65 heavy (non-hydrogen) atoms. The molecule has 0 spiro atoms. The number of benzene rings is 4. The van der Waals surface area contributed by atoms with E-state index < -0.39 is 0 Å². The first-order chi connectivity index (χ1) is 32.2. The Balaban J connectivity index is 0.930. The van der Waals surface area contributed by atoms with Crippen LogP contribution in [0.3, 0.4) is 0 Å². The molecule has 7 aromatic heterocycles. The summed E-state index contributed by atoms with van der Waals surface area (Å²) in [6.45, 7) is -0.0664. The van der Waals surface area contributed by atoms with Crippen LogP contribution in [0.1, 0.15) is 0 Å². The van der Waals surface area contributed by atoms with Gasteiger partial charge in [0.25, 0.3) is 0 Å². The zero-order valence-corrected chi connectivity index (χ0v) is 35.5. The van der Waals surface area contributed by atoms with Gasteiger partial charge in [-0.05, 0) is 96.1 Å². The van der Waals surface area contributed by atoms with Crippen molar-refractivity contribution in [3.63, 3.8) is 0 Å². The molecular weight excluding hydrogens is 796 g/mol. The third-order valence-corrected chi connectivity index (χ3v) is 12.2. The summed E-state index contributed by atoms with van der Waals surface area (Å²) in [5.74, 6) is 0.807.